The van der Waals surface area contributed by atoms with Crippen LogP contribution in [0.1, 0.15) is 23.1 Å². The molecule has 0 bridgehead atoms. The van der Waals surface area contributed by atoms with Crippen LogP contribution in [0.25, 0.3) is 0 Å². The molecule has 148 valence electrons. The van der Waals surface area contributed by atoms with Gasteiger partial charge in [0.1, 0.15) is 0 Å². The number of ether oxygens (including phenoxy) is 4. The predicted molar refractivity (Wildman–Crippen MR) is 97.2 cm³/mol. The fraction of sp³-hybridized carbons (Fsp3) is 0.368. The van der Waals surface area contributed by atoms with Gasteiger partial charge >= 0.3 is 0 Å². The van der Waals surface area contributed by atoms with Crippen LogP contribution in [0, 0.1) is 0 Å². The Labute approximate surface area is 157 Å². The van der Waals surface area contributed by atoms with Crippen LogP contribution in [0.5, 0.6) is 34.5 Å². The zero-order valence-electron chi connectivity index (χ0n) is 15.6. The molecule has 4 N–H and O–H groups in total. The molecule has 2 aromatic rings. The van der Waals surface area contributed by atoms with E-state index < -0.39 is 18.6 Å². The van der Waals surface area contributed by atoms with Crippen molar-refractivity contribution >= 4 is 0 Å². The van der Waals surface area contributed by atoms with Crippen LogP contribution in [-0.2, 0) is 0 Å². The normalized spacial score (nSPS) is 13.0. The van der Waals surface area contributed by atoms with Gasteiger partial charge in [0.05, 0.1) is 41.2 Å². The first-order valence-electron chi connectivity index (χ1n) is 8.10. The van der Waals surface area contributed by atoms with E-state index in [1.165, 1.54) is 52.7 Å². The third-order valence-electron chi connectivity index (χ3n) is 4.35. The number of phenols is 2. The number of methoxy groups -OCH3 is 4. The average molecular weight is 380 g/mol. The summed E-state index contributed by atoms with van der Waals surface area (Å²) in [4.78, 5) is 0. The van der Waals surface area contributed by atoms with E-state index in [2.05, 4.69) is 0 Å². The zero-order valence-corrected chi connectivity index (χ0v) is 15.6. The maximum atomic E-state index is 10.9. The van der Waals surface area contributed by atoms with Gasteiger partial charge < -0.3 is 39.4 Å². The highest BCUT2D eigenvalue weighted by Crippen LogP contribution is 2.44. The van der Waals surface area contributed by atoms with Crippen molar-refractivity contribution in [2.24, 2.45) is 0 Å². The Morgan fingerprint density at radius 1 is 0.704 bits per heavy atom. The molecule has 0 fully saturated rings. The van der Waals surface area contributed by atoms with E-state index in [1.54, 1.807) is 0 Å². The Bertz CT molecular complexity index is 739. The van der Waals surface area contributed by atoms with Crippen molar-refractivity contribution < 1.29 is 39.4 Å². The van der Waals surface area contributed by atoms with Crippen LogP contribution in [0.2, 0.25) is 0 Å². The highest BCUT2D eigenvalue weighted by Gasteiger charge is 2.27. The topological polar surface area (TPSA) is 118 Å². The number of hydrogen-bond donors (Lipinski definition) is 4. The van der Waals surface area contributed by atoms with Crippen LogP contribution >= 0.6 is 0 Å². The van der Waals surface area contributed by atoms with Crippen LogP contribution in [0.3, 0.4) is 0 Å². The minimum atomic E-state index is -1.17. The minimum Gasteiger partial charge on any atom is -0.502 e. The average Bonchev–Trinajstić information content (AvgIpc) is 2.69. The summed E-state index contributed by atoms with van der Waals surface area (Å²) in [5, 5.41) is 40.9. The van der Waals surface area contributed by atoms with Gasteiger partial charge in [0.25, 0.3) is 0 Å². The molecule has 0 aromatic heterocycles. The summed E-state index contributed by atoms with van der Waals surface area (Å²) in [7, 11) is 5.53. The first-order chi connectivity index (χ1) is 12.9. The summed E-state index contributed by atoms with van der Waals surface area (Å²) in [6.45, 7) is -0.399. The van der Waals surface area contributed by atoms with Gasteiger partial charge in [-0.2, -0.15) is 0 Å². The summed E-state index contributed by atoms with van der Waals surface area (Å²) in [6.07, 6.45) is -1.17. The van der Waals surface area contributed by atoms with E-state index in [9.17, 15) is 20.4 Å². The number of hydrogen-bond acceptors (Lipinski definition) is 8. The third-order valence-corrected chi connectivity index (χ3v) is 4.35. The number of aromatic hydroxyl groups is 2. The molecule has 0 radical (unpaired) electrons. The smallest absolute Gasteiger partial charge is 0.200 e. The lowest BCUT2D eigenvalue weighted by atomic mass is 9.89. The minimum absolute atomic E-state index is 0.126. The molecule has 0 unspecified atom stereocenters. The lowest BCUT2D eigenvalue weighted by Crippen LogP contribution is -2.15. The molecule has 0 heterocycles. The van der Waals surface area contributed by atoms with Crippen LogP contribution in [0.15, 0.2) is 24.3 Å². The van der Waals surface area contributed by atoms with Gasteiger partial charge in [0, 0.05) is 5.92 Å². The predicted octanol–water partition coefficient (Wildman–Crippen LogP) is 1.94. The highest BCUT2D eigenvalue weighted by atomic mass is 16.5. The Morgan fingerprint density at radius 2 is 1.04 bits per heavy atom. The molecule has 0 aliphatic rings. The lowest BCUT2D eigenvalue weighted by Gasteiger charge is -2.24. The molecule has 0 spiro atoms. The van der Waals surface area contributed by atoms with Crippen molar-refractivity contribution in [3.8, 4) is 34.5 Å². The quantitative estimate of drug-likeness (QED) is 0.549. The third kappa shape index (κ3) is 3.96. The highest BCUT2D eigenvalue weighted by molar-refractivity contribution is 5.55. The summed E-state index contributed by atoms with van der Waals surface area (Å²) in [5.74, 6) is -0.589. The van der Waals surface area contributed by atoms with E-state index in [0.717, 1.165) is 0 Å². The van der Waals surface area contributed by atoms with Gasteiger partial charge in [-0.3, -0.25) is 0 Å². The number of aliphatic hydroxyl groups excluding tert-OH is 2. The molecule has 0 aliphatic heterocycles. The van der Waals surface area contributed by atoms with Crippen molar-refractivity contribution in [1.82, 2.24) is 0 Å². The summed E-state index contributed by atoms with van der Waals surface area (Å²) in [5.41, 5.74) is 0.856. The lowest BCUT2D eigenvalue weighted by molar-refractivity contribution is 0.106. The standard InChI is InChI=1S/C19H24O8/c1-24-13-5-10(6-14(25-2)18(13)22)12(9-20)17(21)11-7-15(26-3)19(23)16(8-11)27-4/h5-8,12,17,20-23H,9H2,1-4H3/t12-,17-/m1/s1. The van der Waals surface area contributed by atoms with Gasteiger partial charge in [-0.1, -0.05) is 0 Å². The fourth-order valence-corrected chi connectivity index (χ4v) is 2.83. The fourth-order valence-electron chi connectivity index (χ4n) is 2.83. The molecule has 0 saturated heterocycles. The van der Waals surface area contributed by atoms with E-state index in [-0.39, 0.29) is 34.5 Å². The monoisotopic (exact) mass is 380 g/mol. The number of phenolic OH excluding ortho intramolecular Hbond substituents is 2. The van der Waals surface area contributed by atoms with Gasteiger partial charge in [-0.05, 0) is 35.4 Å². The van der Waals surface area contributed by atoms with Crippen molar-refractivity contribution in [1.29, 1.82) is 0 Å². The van der Waals surface area contributed by atoms with Crippen molar-refractivity contribution in [3.63, 3.8) is 0 Å². The number of aliphatic hydroxyl groups is 2. The second kappa shape index (κ2) is 8.70. The zero-order chi connectivity index (χ0) is 20.1. The van der Waals surface area contributed by atoms with Crippen molar-refractivity contribution in [2.75, 3.05) is 35.0 Å². The summed E-state index contributed by atoms with van der Waals surface area (Å²) >= 11 is 0. The molecule has 27 heavy (non-hydrogen) atoms. The largest absolute Gasteiger partial charge is 0.502 e. The molecule has 2 rings (SSSR count). The van der Waals surface area contributed by atoms with Gasteiger partial charge in [0.15, 0.2) is 23.0 Å². The molecule has 2 aromatic carbocycles. The van der Waals surface area contributed by atoms with E-state index in [0.29, 0.717) is 11.1 Å². The van der Waals surface area contributed by atoms with E-state index >= 15 is 0 Å². The molecular weight excluding hydrogens is 356 g/mol. The molecule has 0 amide bonds. The van der Waals surface area contributed by atoms with Crippen LogP contribution in [-0.4, -0.2) is 55.5 Å². The van der Waals surface area contributed by atoms with Gasteiger partial charge in [0.2, 0.25) is 11.5 Å². The first-order valence-corrected chi connectivity index (χ1v) is 8.10. The number of rotatable bonds is 8. The molecular formula is C19H24O8. The van der Waals surface area contributed by atoms with Gasteiger partial charge in [-0.25, -0.2) is 0 Å². The van der Waals surface area contributed by atoms with Gasteiger partial charge in [-0.15, -0.1) is 0 Å². The molecule has 0 saturated carbocycles. The molecule has 8 nitrogen and oxygen atoms in total. The van der Waals surface area contributed by atoms with Crippen molar-refractivity contribution in [3.05, 3.63) is 35.4 Å². The van der Waals surface area contributed by atoms with E-state index in [4.69, 9.17) is 18.9 Å². The molecule has 8 heteroatoms. The molecule has 2 atom stereocenters. The second-order valence-corrected chi connectivity index (χ2v) is 5.78. The Balaban J connectivity index is 2.52. The van der Waals surface area contributed by atoms with Crippen LogP contribution < -0.4 is 18.9 Å². The Morgan fingerprint density at radius 3 is 1.33 bits per heavy atom. The first kappa shape index (κ1) is 20.5. The van der Waals surface area contributed by atoms with Crippen molar-refractivity contribution in [2.45, 2.75) is 12.0 Å². The summed E-state index contributed by atoms with van der Waals surface area (Å²) in [6, 6.07) is 5.94. The Hall–Kier alpha value is -2.84. The summed E-state index contributed by atoms with van der Waals surface area (Å²) < 4.78 is 20.5. The van der Waals surface area contributed by atoms with E-state index in [1.807, 2.05) is 0 Å². The SMILES string of the molecule is COc1cc([C@@H](O)[C@H](CO)c2cc(OC)c(O)c(OC)c2)cc(OC)c1O. The second-order valence-electron chi connectivity index (χ2n) is 5.78. The molecule has 0 aliphatic carbocycles. The van der Waals surface area contributed by atoms with Crippen LogP contribution in [0.4, 0.5) is 0 Å². The number of benzene rings is 2. The Kier molecular flexibility index (Phi) is 6.59. The maximum absolute atomic E-state index is 10.9. The maximum Gasteiger partial charge on any atom is 0.200 e.